The minimum Gasteiger partial charge on any atom is -0.409 e. The van der Waals surface area contributed by atoms with Crippen LogP contribution in [0.5, 0.6) is 0 Å². The predicted molar refractivity (Wildman–Crippen MR) is 79.3 cm³/mol. The van der Waals surface area contributed by atoms with Crippen molar-refractivity contribution in [1.29, 1.82) is 0 Å². The largest absolute Gasteiger partial charge is 0.409 e. The first kappa shape index (κ1) is 14.7. The topological polar surface area (TPSA) is 109 Å². The zero-order chi connectivity index (χ0) is 14.7. The third-order valence-electron chi connectivity index (χ3n) is 2.58. The van der Waals surface area contributed by atoms with Crippen molar-refractivity contribution in [2.45, 2.75) is 23.5 Å². The molecule has 4 N–H and O–H groups in total. The van der Waals surface area contributed by atoms with Crippen molar-refractivity contribution in [3.05, 3.63) is 38.7 Å². The molecule has 0 saturated heterocycles. The molecule has 0 radical (unpaired) electrons. The van der Waals surface area contributed by atoms with Crippen LogP contribution in [0.1, 0.15) is 12.5 Å². The van der Waals surface area contributed by atoms with Gasteiger partial charge in [0.25, 0.3) is 0 Å². The van der Waals surface area contributed by atoms with E-state index >= 15 is 0 Å². The molecule has 2 rings (SSSR count). The second kappa shape index (κ2) is 6.14. The van der Waals surface area contributed by atoms with Crippen molar-refractivity contribution in [2.24, 2.45) is 10.9 Å². The Bertz CT molecular complexity index is 709. The van der Waals surface area contributed by atoms with Crippen LogP contribution in [0.3, 0.4) is 0 Å². The molecule has 9 heteroatoms. The Kier molecular flexibility index (Phi) is 4.50. The summed E-state index contributed by atoms with van der Waals surface area (Å²) in [4.78, 5) is 12.4. The van der Waals surface area contributed by atoms with Crippen LogP contribution >= 0.6 is 27.7 Å². The second-order valence-corrected chi connectivity index (χ2v) is 5.65. The number of aromatic amines is 1. The number of nitrogens with two attached hydrogens (primary N) is 1. The Morgan fingerprint density at radius 2 is 2.40 bits per heavy atom. The number of nitrogens with zero attached hydrogens (tertiary/aromatic N) is 3. The van der Waals surface area contributed by atoms with Crippen molar-refractivity contribution in [3.8, 4) is 0 Å². The second-order valence-electron chi connectivity index (χ2n) is 3.79. The molecule has 0 spiro atoms. The lowest BCUT2D eigenvalue weighted by Gasteiger charge is -2.06. The number of benzene rings is 1. The van der Waals surface area contributed by atoms with Crippen molar-refractivity contribution < 1.29 is 5.21 Å². The summed E-state index contributed by atoms with van der Waals surface area (Å²) >= 11 is 4.76. The molecule has 106 valence electrons. The number of nitrogens with one attached hydrogen (secondary N) is 1. The van der Waals surface area contributed by atoms with Crippen molar-refractivity contribution in [2.75, 3.05) is 0 Å². The fraction of sp³-hybridized carbons (Fsp3) is 0.182. The van der Waals surface area contributed by atoms with Crippen LogP contribution in [0.25, 0.3) is 0 Å². The summed E-state index contributed by atoms with van der Waals surface area (Å²) in [6, 6.07) is 5.27. The maximum atomic E-state index is 11.5. The summed E-state index contributed by atoms with van der Waals surface area (Å²) in [5.41, 5.74) is 5.88. The average Bonchev–Trinajstić information content (AvgIpc) is 2.80. The van der Waals surface area contributed by atoms with Gasteiger partial charge in [0.05, 0.1) is 0 Å². The highest BCUT2D eigenvalue weighted by molar-refractivity contribution is 9.10. The number of hydrogen-bond donors (Lipinski definition) is 3. The maximum Gasteiger partial charge on any atom is 0.343 e. The molecule has 20 heavy (non-hydrogen) atoms. The number of rotatable bonds is 4. The van der Waals surface area contributed by atoms with E-state index in [2.05, 4.69) is 31.3 Å². The number of amidine groups is 1. The smallest absolute Gasteiger partial charge is 0.343 e. The van der Waals surface area contributed by atoms with Gasteiger partial charge in [0.15, 0.2) is 11.0 Å². The first-order valence-electron chi connectivity index (χ1n) is 5.67. The van der Waals surface area contributed by atoms with E-state index in [1.807, 2.05) is 6.92 Å². The predicted octanol–water partition coefficient (Wildman–Crippen LogP) is 1.60. The monoisotopic (exact) mass is 357 g/mol. The Balaban J connectivity index is 2.33. The summed E-state index contributed by atoms with van der Waals surface area (Å²) < 4.78 is 2.30. The number of oxime groups is 1. The van der Waals surface area contributed by atoms with Crippen molar-refractivity contribution in [1.82, 2.24) is 14.8 Å². The van der Waals surface area contributed by atoms with Gasteiger partial charge in [-0.2, -0.15) is 0 Å². The van der Waals surface area contributed by atoms with Crippen molar-refractivity contribution >= 4 is 33.5 Å². The van der Waals surface area contributed by atoms with E-state index < -0.39 is 0 Å². The van der Waals surface area contributed by atoms with Gasteiger partial charge in [-0.15, -0.1) is 5.10 Å². The van der Waals surface area contributed by atoms with E-state index in [4.69, 9.17) is 10.9 Å². The Morgan fingerprint density at radius 3 is 3.00 bits per heavy atom. The molecule has 1 heterocycles. The van der Waals surface area contributed by atoms with Gasteiger partial charge < -0.3 is 10.9 Å². The molecule has 7 nitrogen and oxygen atoms in total. The van der Waals surface area contributed by atoms with E-state index in [1.54, 1.807) is 18.2 Å². The molecule has 0 aliphatic heterocycles. The van der Waals surface area contributed by atoms with Crippen molar-refractivity contribution in [3.63, 3.8) is 0 Å². The fourth-order valence-electron chi connectivity index (χ4n) is 1.56. The van der Waals surface area contributed by atoms with Gasteiger partial charge in [-0.25, -0.2) is 9.89 Å². The van der Waals surface area contributed by atoms with Gasteiger partial charge in [0.1, 0.15) is 0 Å². The van der Waals surface area contributed by atoms with E-state index in [0.29, 0.717) is 17.3 Å². The van der Waals surface area contributed by atoms with E-state index in [1.165, 1.54) is 16.3 Å². The first-order valence-corrected chi connectivity index (χ1v) is 7.28. The molecule has 0 atom stereocenters. The molecular weight excluding hydrogens is 346 g/mol. The SMILES string of the molecule is CCn1c(Sc2ccc(/C(N)=N/O)cc2Br)n[nH]c1=O. The van der Waals surface area contributed by atoms with Crippen LogP contribution in [-0.2, 0) is 6.54 Å². The highest BCUT2D eigenvalue weighted by Crippen LogP contribution is 2.32. The van der Waals surface area contributed by atoms with Crippen LogP contribution in [0, 0.1) is 0 Å². The number of hydrogen-bond acceptors (Lipinski definition) is 5. The molecule has 2 aromatic rings. The van der Waals surface area contributed by atoms with Gasteiger partial charge >= 0.3 is 5.69 Å². The Labute approximate surface area is 127 Å². The molecule has 0 fully saturated rings. The third-order valence-corrected chi connectivity index (χ3v) is 4.56. The number of aromatic nitrogens is 3. The maximum absolute atomic E-state index is 11.5. The molecule has 0 amide bonds. The minimum atomic E-state index is -0.237. The summed E-state index contributed by atoms with van der Waals surface area (Å²) in [6.45, 7) is 2.41. The van der Waals surface area contributed by atoms with E-state index in [9.17, 15) is 4.79 Å². The average molecular weight is 358 g/mol. The Morgan fingerprint density at radius 1 is 1.65 bits per heavy atom. The van der Waals surface area contributed by atoms with Crippen LogP contribution in [0.15, 0.2) is 42.7 Å². The van der Waals surface area contributed by atoms with E-state index in [-0.39, 0.29) is 11.5 Å². The van der Waals surface area contributed by atoms with Crippen LogP contribution < -0.4 is 11.4 Å². The van der Waals surface area contributed by atoms with Gasteiger partial charge in [0.2, 0.25) is 0 Å². The van der Waals surface area contributed by atoms with Gasteiger partial charge in [-0.05, 0) is 52.8 Å². The lowest BCUT2D eigenvalue weighted by molar-refractivity contribution is 0.318. The van der Waals surface area contributed by atoms with Crippen LogP contribution in [0.4, 0.5) is 0 Å². The zero-order valence-electron chi connectivity index (χ0n) is 10.5. The number of halogens is 1. The fourth-order valence-corrected chi connectivity index (χ4v) is 3.08. The molecule has 0 bridgehead atoms. The lowest BCUT2D eigenvalue weighted by Crippen LogP contribution is -2.16. The highest BCUT2D eigenvalue weighted by Gasteiger charge is 2.11. The first-order chi connectivity index (χ1) is 9.56. The highest BCUT2D eigenvalue weighted by atomic mass is 79.9. The van der Waals surface area contributed by atoms with Gasteiger partial charge in [-0.1, -0.05) is 5.16 Å². The third kappa shape index (κ3) is 2.88. The standard InChI is InChI=1S/C11H12BrN5O2S/c1-2-17-10(18)14-15-11(17)20-8-4-3-6(5-7(8)12)9(13)16-19/h3-5,19H,2H2,1H3,(H2,13,16)(H,14,18). The minimum absolute atomic E-state index is 0.0347. The van der Waals surface area contributed by atoms with Crippen LogP contribution in [0.2, 0.25) is 0 Å². The molecular formula is C11H12BrN5O2S. The van der Waals surface area contributed by atoms with Gasteiger partial charge in [-0.3, -0.25) is 4.57 Å². The van der Waals surface area contributed by atoms with Crippen LogP contribution in [-0.4, -0.2) is 25.8 Å². The molecule has 0 unspecified atom stereocenters. The molecule has 1 aromatic heterocycles. The lowest BCUT2D eigenvalue weighted by atomic mass is 10.2. The van der Waals surface area contributed by atoms with Gasteiger partial charge in [0, 0.05) is 21.5 Å². The molecule has 0 saturated carbocycles. The molecule has 0 aliphatic rings. The van der Waals surface area contributed by atoms with E-state index in [0.717, 1.165) is 9.37 Å². The number of H-pyrrole nitrogens is 1. The summed E-state index contributed by atoms with van der Waals surface area (Å²) in [6.07, 6.45) is 0. The molecule has 1 aromatic carbocycles. The molecule has 0 aliphatic carbocycles. The summed E-state index contributed by atoms with van der Waals surface area (Å²) in [5, 5.41) is 18.6. The zero-order valence-corrected chi connectivity index (χ0v) is 12.9. The summed E-state index contributed by atoms with van der Waals surface area (Å²) in [7, 11) is 0. The summed E-state index contributed by atoms with van der Waals surface area (Å²) in [5.74, 6) is 0.0347. The normalized spacial score (nSPS) is 11.8. The quantitative estimate of drug-likeness (QED) is 0.333. The Hall–Kier alpha value is -1.74.